The van der Waals surface area contributed by atoms with E-state index in [1.54, 1.807) is 43.3 Å². The van der Waals surface area contributed by atoms with E-state index in [4.69, 9.17) is 16.3 Å². The van der Waals surface area contributed by atoms with Crippen LogP contribution in [0.2, 0.25) is 5.02 Å². The lowest BCUT2D eigenvalue weighted by Crippen LogP contribution is -2.43. The van der Waals surface area contributed by atoms with Crippen molar-refractivity contribution >= 4 is 17.6 Å². The van der Waals surface area contributed by atoms with Gasteiger partial charge in [0, 0.05) is 11.6 Å². The van der Waals surface area contributed by atoms with Gasteiger partial charge in [-0.1, -0.05) is 23.7 Å². The maximum Gasteiger partial charge on any atom is 0.317 e. The van der Waals surface area contributed by atoms with Crippen LogP contribution < -0.4 is 15.4 Å². The Morgan fingerprint density at radius 2 is 1.82 bits per heavy atom. The number of benzene rings is 2. The van der Waals surface area contributed by atoms with E-state index < -0.39 is 6.23 Å². The van der Waals surface area contributed by atoms with E-state index in [1.807, 2.05) is 0 Å². The maximum absolute atomic E-state index is 12.8. The zero-order valence-corrected chi connectivity index (χ0v) is 12.7. The maximum atomic E-state index is 12.8. The Bertz CT molecular complexity index is 617. The molecule has 1 atom stereocenters. The first kappa shape index (κ1) is 16.1. The number of hydrogen-bond acceptors (Lipinski definition) is 2. The van der Waals surface area contributed by atoms with E-state index in [0.29, 0.717) is 17.3 Å². The number of amides is 2. The fourth-order valence-electron chi connectivity index (χ4n) is 1.77. The summed E-state index contributed by atoms with van der Waals surface area (Å²) in [6, 6.07) is 12.4. The van der Waals surface area contributed by atoms with E-state index in [0.717, 1.165) is 5.56 Å². The van der Waals surface area contributed by atoms with Gasteiger partial charge in [0.2, 0.25) is 0 Å². The van der Waals surface area contributed by atoms with Gasteiger partial charge in [-0.2, -0.15) is 0 Å². The molecule has 0 saturated carbocycles. The van der Waals surface area contributed by atoms with Crippen molar-refractivity contribution in [1.29, 1.82) is 0 Å². The molecule has 2 rings (SSSR count). The normalized spacial score (nSPS) is 11.6. The Kier molecular flexibility index (Phi) is 5.61. The van der Waals surface area contributed by atoms with Crippen LogP contribution in [0.25, 0.3) is 0 Å². The molecule has 2 aromatic carbocycles. The molecule has 0 aliphatic rings. The van der Waals surface area contributed by atoms with Crippen LogP contribution in [-0.4, -0.2) is 12.3 Å². The van der Waals surface area contributed by atoms with Crippen LogP contribution in [0.4, 0.5) is 9.18 Å². The molecule has 0 saturated heterocycles. The number of nitrogens with one attached hydrogen (secondary N) is 2. The molecule has 116 valence electrons. The molecule has 0 heterocycles. The van der Waals surface area contributed by atoms with Gasteiger partial charge in [-0.3, -0.25) is 0 Å². The van der Waals surface area contributed by atoms with E-state index in [-0.39, 0.29) is 11.8 Å². The third kappa shape index (κ3) is 5.26. The Labute approximate surface area is 133 Å². The minimum absolute atomic E-state index is 0.305. The summed E-state index contributed by atoms with van der Waals surface area (Å²) in [5.41, 5.74) is 0.808. The summed E-state index contributed by atoms with van der Waals surface area (Å²) in [6.45, 7) is 2.02. The monoisotopic (exact) mass is 322 g/mol. The second-order valence-electron chi connectivity index (χ2n) is 4.67. The van der Waals surface area contributed by atoms with Gasteiger partial charge >= 0.3 is 6.03 Å². The lowest BCUT2D eigenvalue weighted by Gasteiger charge is -2.16. The molecule has 0 aliphatic carbocycles. The molecular formula is C16H16ClFN2O2. The summed E-state index contributed by atoms with van der Waals surface area (Å²) in [4.78, 5) is 11.7. The third-order valence-electron chi connectivity index (χ3n) is 2.83. The summed E-state index contributed by atoms with van der Waals surface area (Å²) < 4.78 is 18.3. The second-order valence-corrected chi connectivity index (χ2v) is 5.10. The van der Waals surface area contributed by atoms with Gasteiger partial charge in [0.25, 0.3) is 0 Å². The summed E-state index contributed by atoms with van der Waals surface area (Å²) in [5.74, 6) is 0.300. The highest BCUT2D eigenvalue weighted by Crippen LogP contribution is 2.16. The minimum Gasteiger partial charge on any atom is -0.471 e. The van der Waals surface area contributed by atoms with E-state index in [1.165, 1.54) is 12.1 Å². The molecule has 2 amide bonds. The summed E-state index contributed by atoms with van der Waals surface area (Å²) in [6.07, 6.45) is -0.505. The topological polar surface area (TPSA) is 50.4 Å². The number of urea groups is 1. The Morgan fingerprint density at radius 3 is 2.45 bits per heavy atom. The molecule has 0 fully saturated rings. The molecule has 0 aromatic heterocycles. The number of ether oxygens (including phenoxy) is 1. The first-order valence-electron chi connectivity index (χ1n) is 6.74. The van der Waals surface area contributed by atoms with Crippen molar-refractivity contribution in [2.24, 2.45) is 0 Å². The van der Waals surface area contributed by atoms with Crippen molar-refractivity contribution in [2.75, 3.05) is 0 Å². The molecular weight excluding hydrogens is 307 g/mol. The third-order valence-corrected chi connectivity index (χ3v) is 3.08. The Hall–Kier alpha value is -2.27. The highest BCUT2D eigenvalue weighted by Gasteiger charge is 2.08. The number of rotatable bonds is 5. The fourth-order valence-corrected chi connectivity index (χ4v) is 1.89. The van der Waals surface area contributed by atoms with Crippen LogP contribution in [0.3, 0.4) is 0 Å². The number of carbonyl (C=O) groups excluding carboxylic acids is 1. The SMILES string of the molecule is CC(NC(=O)NCc1ccc(F)cc1)Oc1ccc(Cl)cc1. The second kappa shape index (κ2) is 7.66. The van der Waals surface area contributed by atoms with Crippen molar-refractivity contribution in [3.8, 4) is 5.75 Å². The minimum atomic E-state index is -0.505. The summed E-state index contributed by atoms with van der Waals surface area (Å²) in [5, 5.41) is 5.93. The van der Waals surface area contributed by atoms with Crippen molar-refractivity contribution in [2.45, 2.75) is 19.7 Å². The number of carbonyl (C=O) groups is 1. The van der Waals surface area contributed by atoms with Crippen LogP contribution in [0.15, 0.2) is 48.5 Å². The number of halogens is 2. The van der Waals surface area contributed by atoms with E-state index in [2.05, 4.69) is 10.6 Å². The average molecular weight is 323 g/mol. The average Bonchev–Trinajstić information content (AvgIpc) is 2.49. The predicted molar refractivity (Wildman–Crippen MR) is 83.3 cm³/mol. The van der Waals surface area contributed by atoms with Crippen LogP contribution in [0, 0.1) is 5.82 Å². The highest BCUT2D eigenvalue weighted by atomic mass is 35.5. The van der Waals surface area contributed by atoms with Gasteiger partial charge in [0.1, 0.15) is 11.6 Å². The molecule has 4 nitrogen and oxygen atoms in total. The van der Waals surface area contributed by atoms with E-state index >= 15 is 0 Å². The fraction of sp³-hybridized carbons (Fsp3) is 0.188. The molecule has 1 unspecified atom stereocenters. The molecule has 0 radical (unpaired) electrons. The lowest BCUT2D eigenvalue weighted by atomic mass is 10.2. The molecule has 22 heavy (non-hydrogen) atoms. The zero-order chi connectivity index (χ0) is 15.9. The molecule has 2 N–H and O–H groups in total. The molecule has 0 aliphatic heterocycles. The van der Waals surface area contributed by atoms with Gasteiger partial charge in [0.05, 0.1) is 0 Å². The predicted octanol–water partition coefficient (Wildman–Crippen LogP) is 3.70. The van der Waals surface area contributed by atoms with Crippen molar-refractivity contribution in [1.82, 2.24) is 10.6 Å². The van der Waals surface area contributed by atoms with Gasteiger partial charge in [-0.25, -0.2) is 9.18 Å². The lowest BCUT2D eigenvalue weighted by molar-refractivity contribution is 0.177. The van der Waals surface area contributed by atoms with Crippen molar-refractivity contribution in [3.05, 3.63) is 64.9 Å². The largest absolute Gasteiger partial charge is 0.471 e. The standard InChI is InChI=1S/C16H16ClFN2O2/c1-11(22-15-8-4-13(17)5-9-15)20-16(21)19-10-12-2-6-14(18)7-3-12/h2-9,11H,10H2,1H3,(H2,19,20,21). The van der Waals surface area contributed by atoms with Gasteiger partial charge in [-0.05, 0) is 48.9 Å². The van der Waals surface area contributed by atoms with Crippen LogP contribution >= 0.6 is 11.6 Å². The first-order valence-corrected chi connectivity index (χ1v) is 7.12. The molecule has 0 bridgehead atoms. The zero-order valence-electron chi connectivity index (χ0n) is 12.0. The van der Waals surface area contributed by atoms with Gasteiger partial charge in [0.15, 0.2) is 6.23 Å². The van der Waals surface area contributed by atoms with Crippen molar-refractivity contribution in [3.63, 3.8) is 0 Å². The molecule has 0 spiro atoms. The van der Waals surface area contributed by atoms with Crippen molar-refractivity contribution < 1.29 is 13.9 Å². The highest BCUT2D eigenvalue weighted by molar-refractivity contribution is 6.30. The van der Waals surface area contributed by atoms with E-state index in [9.17, 15) is 9.18 Å². The molecule has 6 heteroatoms. The quantitative estimate of drug-likeness (QED) is 0.825. The Morgan fingerprint density at radius 1 is 1.18 bits per heavy atom. The molecule has 2 aromatic rings. The summed E-state index contributed by atoms with van der Waals surface area (Å²) >= 11 is 5.78. The van der Waals surface area contributed by atoms with Gasteiger partial charge < -0.3 is 15.4 Å². The first-order chi connectivity index (χ1) is 10.5. The summed E-state index contributed by atoms with van der Waals surface area (Å²) in [7, 11) is 0. The van der Waals surface area contributed by atoms with Crippen LogP contribution in [0.1, 0.15) is 12.5 Å². The smallest absolute Gasteiger partial charge is 0.317 e. The van der Waals surface area contributed by atoms with Gasteiger partial charge in [-0.15, -0.1) is 0 Å². The van der Waals surface area contributed by atoms with Crippen LogP contribution in [0.5, 0.6) is 5.75 Å². The number of hydrogen-bond donors (Lipinski definition) is 2. The van der Waals surface area contributed by atoms with Crippen LogP contribution in [-0.2, 0) is 6.54 Å². The Balaban J connectivity index is 1.76.